The molecule has 1 aromatic heterocycles. The summed E-state index contributed by atoms with van der Waals surface area (Å²) < 4.78 is 65.5. The minimum atomic E-state index is -10.7. The van der Waals surface area contributed by atoms with Gasteiger partial charge in [-0.2, -0.15) is 0 Å². The molecule has 0 saturated carbocycles. The molecule has 0 aliphatic heterocycles. The Morgan fingerprint density at radius 1 is 0.465 bits per heavy atom. The molecule has 43 heavy (non-hydrogen) atoms. The molecule has 8 heteroatoms. The van der Waals surface area contributed by atoms with E-state index in [4.69, 9.17) is 4.42 Å². The van der Waals surface area contributed by atoms with E-state index in [-0.39, 0.29) is 0 Å². The van der Waals surface area contributed by atoms with Crippen molar-refractivity contribution in [2.45, 2.75) is 77.6 Å². The van der Waals surface area contributed by atoms with Crippen molar-refractivity contribution in [2.24, 2.45) is 0 Å². The molecule has 0 aliphatic rings. The molecule has 0 amide bonds. The van der Waals surface area contributed by atoms with Gasteiger partial charge in [0.05, 0.1) is 23.3 Å². The van der Waals surface area contributed by atoms with Crippen LogP contribution in [0.3, 0.4) is 0 Å². The predicted molar refractivity (Wildman–Crippen MR) is 169 cm³/mol. The summed E-state index contributed by atoms with van der Waals surface area (Å²) in [5.74, 6) is 1.78. The van der Waals surface area contributed by atoms with Gasteiger partial charge in [0.2, 0.25) is 0 Å². The number of rotatable bonds is 14. The Morgan fingerprint density at radius 3 is 1.28 bits per heavy atom. The van der Waals surface area contributed by atoms with Crippen molar-refractivity contribution in [3.05, 3.63) is 103 Å². The van der Waals surface area contributed by atoms with E-state index in [0.29, 0.717) is 0 Å². The first kappa shape index (κ1) is 34.3. The molecule has 234 valence electrons. The fourth-order valence-corrected chi connectivity index (χ4v) is 4.84. The molecule has 4 rings (SSSR count). The van der Waals surface area contributed by atoms with Crippen molar-refractivity contribution >= 4 is 7.81 Å². The van der Waals surface area contributed by atoms with Crippen LogP contribution in [-0.2, 0) is 6.42 Å². The van der Waals surface area contributed by atoms with Crippen LogP contribution in [0.15, 0.2) is 101 Å². The van der Waals surface area contributed by atoms with Gasteiger partial charge in [-0.1, -0.05) is 125 Å². The monoisotopic (exact) mass is 622 g/mol. The van der Waals surface area contributed by atoms with E-state index in [1.165, 1.54) is 87.3 Å². The Labute approximate surface area is 251 Å². The first-order valence-corrected chi connectivity index (χ1v) is 17.1. The predicted octanol–water partition coefficient (Wildman–Crippen LogP) is 14.4. The van der Waals surface area contributed by atoms with Gasteiger partial charge in [-0.05, 0) is 48.2 Å². The molecule has 0 saturated heterocycles. The summed E-state index contributed by atoms with van der Waals surface area (Å²) in [6.45, 7) is 2.29. The molecular weight excluding hydrogens is 581 g/mol. The average molecular weight is 623 g/mol. The first-order chi connectivity index (χ1) is 20.3. The molecule has 0 unspecified atom stereocenters. The van der Waals surface area contributed by atoms with Crippen LogP contribution >= 0.6 is 7.81 Å². The quantitative estimate of drug-likeness (QED) is 0.0589. The number of hydrogen-bond acceptors (Lipinski definition) is 0. The van der Waals surface area contributed by atoms with Crippen molar-refractivity contribution in [1.29, 1.82) is 0 Å². The maximum absolute atomic E-state index is 10.7. The van der Waals surface area contributed by atoms with E-state index in [1.54, 1.807) is 0 Å². The van der Waals surface area contributed by atoms with Crippen LogP contribution in [-0.4, -0.2) is 0 Å². The standard InChI is InChI=1S/C35H41O.F6P/c1-2-3-4-5-6-7-8-9-10-13-18-29-23-25-30(26-24-29)33-27-34(31-19-14-11-15-20-31)36-35(28-33)32-21-16-12-17-22-32;1-7(2,3,4,5)6/h11-12,14-17,19-28H,2-10,13,18H2,1H3;/q+1;-1. The molecule has 1 heterocycles. The van der Waals surface area contributed by atoms with E-state index in [1.807, 2.05) is 12.1 Å². The Kier molecular flexibility index (Phi) is 12.0. The normalized spacial score (nSPS) is 13.0. The minimum absolute atomic E-state index is 0.890. The van der Waals surface area contributed by atoms with Crippen molar-refractivity contribution < 1.29 is 29.6 Å². The van der Waals surface area contributed by atoms with Crippen molar-refractivity contribution in [2.75, 3.05) is 0 Å². The summed E-state index contributed by atoms with van der Waals surface area (Å²) in [7, 11) is -10.7. The number of aryl methyl sites for hydroxylation is 1. The van der Waals surface area contributed by atoms with Gasteiger partial charge in [0.15, 0.2) is 0 Å². The molecule has 1 nitrogen and oxygen atoms in total. The molecule has 4 aromatic rings. The van der Waals surface area contributed by atoms with E-state index < -0.39 is 7.81 Å². The van der Waals surface area contributed by atoms with Gasteiger partial charge in [-0.15, -0.1) is 0 Å². The molecule has 3 aromatic carbocycles. The van der Waals surface area contributed by atoms with Gasteiger partial charge in [-0.25, -0.2) is 4.42 Å². The fourth-order valence-electron chi connectivity index (χ4n) is 4.84. The number of unbranched alkanes of at least 4 members (excludes halogenated alkanes) is 9. The molecular formula is C35H41F6OP. The second kappa shape index (κ2) is 15.0. The van der Waals surface area contributed by atoms with Crippen LogP contribution in [0.2, 0.25) is 0 Å². The Hall–Kier alpha value is -3.18. The van der Waals surface area contributed by atoms with E-state index in [0.717, 1.165) is 22.6 Å². The number of benzene rings is 3. The van der Waals surface area contributed by atoms with Gasteiger partial charge in [0, 0.05) is 5.56 Å². The third-order valence-corrected chi connectivity index (χ3v) is 7.02. The van der Waals surface area contributed by atoms with Crippen LogP contribution in [0.25, 0.3) is 33.8 Å². The third-order valence-electron chi connectivity index (χ3n) is 7.02. The van der Waals surface area contributed by atoms with Crippen LogP contribution in [0, 0.1) is 0 Å². The topological polar surface area (TPSA) is 11.3 Å². The number of hydrogen-bond donors (Lipinski definition) is 0. The van der Waals surface area contributed by atoms with Crippen molar-refractivity contribution in [1.82, 2.24) is 0 Å². The van der Waals surface area contributed by atoms with E-state index in [2.05, 4.69) is 91.9 Å². The van der Waals surface area contributed by atoms with Crippen molar-refractivity contribution in [3.8, 4) is 33.8 Å². The average Bonchev–Trinajstić information content (AvgIpc) is 2.97. The van der Waals surface area contributed by atoms with Gasteiger partial charge >= 0.3 is 44.5 Å². The number of halogens is 6. The zero-order valence-electron chi connectivity index (χ0n) is 24.6. The zero-order chi connectivity index (χ0) is 31.2. The maximum atomic E-state index is 9.87. The van der Waals surface area contributed by atoms with E-state index in [9.17, 15) is 25.2 Å². The van der Waals surface area contributed by atoms with Gasteiger partial charge in [0.1, 0.15) is 0 Å². The summed E-state index contributed by atoms with van der Waals surface area (Å²) in [6, 6.07) is 34.2. The summed E-state index contributed by atoms with van der Waals surface area (Å²) in [5, 5.41) is 0. The molecule has 0 N–H and O–H groups in total. The van der Waals surface area contributed by atoms with Gasteiger partial charge < -0.3 is 0 Å². The molecule has 0 fully saturated rings. The fraction of sp³-hybridized carbons (Fsp3) is 0.343. The Bertz CT molecular complexity index is 1310. The molecule has 0 spiro atoms. The summed E-state index contributed by atoms with van der Waals surface area (Å²) >= 11 is 0. The second-order valence-electron chi connectivity index (χ2n) is 10.9. The zero-order valence-corrected chi connectivity index (χ0v) is 25.5. The first-order valence-electron chi connectivity index (χ1n) is 15.0. The van der Waals surface area contributed by atoms with Gasteiger partial charge in [-0.3, -0.25) is 0 Å². The van der Waals surface area contributed by atoms with Crippen molar-refractivity contribution in [3.63, 3.8) is 0 Å². The van der Waals surface area contributed by atoms with Crippen LogP contribution in [0.5, 0.6) is 0 Å². The van der Waals surface area contributed by atoms with E-state index >= 15 is 0 Å². The van der Waals surface area contributed by atoms with Crippen LogP contribution in [0.1, 0.15) is 76.7 Å². The van der Waals surface area contributed by atoms with Crippen LogP contribution in [0.4, 0.5) is 25.2 Å². The third kappa shape index (κ3) is 15.2. The summed E-state index contributed by atoms with van der Waals surface area (Å²) in [4.78, 5) is 0. The second-order valence-corrected chi connectivity index (χ2v) is 12.8. The molecule has 0 aliphatic carbocycles. The van der Waals surface area contributed by atoms with Crippen LogP contribution < -0.4 is 0 Å². The summed E-state index contributed by atoms with van der Waals surface area (Å²) in [6.07, 6.45) is 15.0. The van der Waals surface area contributed by atoms with Gasteiger partial charge in [0.25, 0.3) is 0 Å². The molecule has 0 atom stereocenters. The molecule has 0 radical (unpaired) electrons. The Balaban J connectivity index is 0.000000646. The SMILES string of the molecule is CCCCCCCCCCCCc1ccc(-c2cc(-c3ccccc3)[o+]c(-c3ccccc3)c2)cc1.F[P-](F)(F)(F)(F)F. The Morgan fingerprint density at radius 2 is 0.860 bits per heavy atom. The summed E-state index contributed by atoms with van der Waals surface area (Å²) in [5.41, 5.74) is 6.03. The molecule has 0 bridgehead atoms.